The largest absolute Gasteiger partial charge is 0.249 e. The van der Waals surface area contributed by atoms with Gasteiger partial charge in [0, 0.05) is 22.4 Å². The van der Waals surface area contributed by atoms with E-state index >= 15 is 0 Å². The molecule has 68 valence electrons. The summed E-state index contributed by atoms with van der Waals surface area (Å²) >= 11 is 9.16. The highest BCUT2D eigenvalue weighted by molar-refractivity contribution is 7.12. The topological polar surface area (TPSA) is 12.9 Å². The van der Waals surface area contributed by atoms with Gasteiger partial charge in [0.25, 0.3) is 0 Å². The molecule has 4 heteroatoms. The molecule has 2 aromatic heterocycles. The number of rotatable bonds is 3. The number of halogens is 1. The van der Waals surface area contributed by atoms with Gasteiger partial charge in [0.2, 0.25) is 0 Å². The van der Waals surface area contributed by atoms with Crippen molar-refractivity contribution in [3.05, 3.63) is 38.5 Å². The molecule has 0 amide bonds. The standard InChI is InChI=1S/C9H8ClNS2/c10-5-8-6-11-9(13-8)4-7-2-1-3-12-7/h1-3,6H,4-5H2. The smallest absolute Gasteiger partial charge is 0.0980 e. The fraction of sp³-hybridized carbons (Fsp3) is 0.222. The van der Waals surface area contributed by atoms with Crippen LogP contribution in [0.4, 0.5) is 0 Å². The number of hydrogen-bond donors (Lipinski definition) is 0. The third-order valence-electron chi connectivity index (χ3n) is 1.64. The Morgan fingerprint density at radius 3 is 2.92 bits per heavy atom. The second-order valence-electron chi connectivity index (χ2n) is 2.61. The van der Waals surface area contributed by atoms with Crippen LogP contribution in [0.15, 0.2) is 23.7 Å². The summed E-state index contributed by atoms with van der Waals surface area (Å²) in [5.74, 6) is 0.572. The van der Waals surface area contributed by atoms with Gasteiger partial charge >= 0.3 is 0 Å². The predicted octanol–water partition coefficient (Wildman–Crippen LogP) is 3.53. The molecule has 13 heavy (non-hydrogen) atoms. The van der Waals surface area contributed by atoms with Crippen LogP contribution in [0.1, 0.15) is 14.8 Å². The van der Waals surface area contributed by atoms with Gasteiger partial charge in [-0.05, 0) is 11.4 Å². The Hall–Kier alpha value is -0.380. The lowest BCUT2D eigenvalue weighted by atomic mass is 10.4. The Labute approximate surface area is 90.0 Å². The van der Waals surface area contributed by atoms with Crippen LogP contribution in [0.25, 0.3) is 0 Å². The monoisotopic (exact) mass is 229 g/mol. The second kappa shape index (κ2) is 4.22. The first kappa shape index (κ1) is 9.19. The Balaban J connectivity index is 2.10. The molecule has 0 saturated heterocycles. The first-order chi connectivity index (χ1) is 6.38. The van der Waals surface area contributed by atoms with Gasteiger partial charge in [0.05, 0.1) is 10.9 Å². The molecule has 0 aliphatic heterocycles. The quantitative estimate of drug-likeness (QED) is 0.734. The number of aromatic nitrogens is 1. The molecule has 0 bridgehead atoms. The third-order valence-corrected chi connectivity index (χ3v) is 3.96. The van der Waals surface area contributed by atoms with Crippen molar-refractivity contribution < 1.29 is 0 Å². The van der Waals surface area contributed by atoms with Crippen LogP contribution in [0.5, 0.6) is 0 Å². The zero-order chi connectivity index (χ0) is 9.10. The molecule has 0 fully saturated rings. The maximum Gasteiger partial charge on any atom is 0.0980 e. The Morgan fingerprint density at radius 2 is 2.31 bits per heavy atom. The van der Waals surface area contributed by atoms with Crippen molar-refractivity contribution in [1.29, 1.82) is 0 Å². The molecule has 0 aliphatic carbocycles. The summed E-state index contributed by atoms with van der Waals surface area (Å²) in [5, 5.41) is 3.24. The highest BCUT2D eigenvalue weighted by Crippen LogP contribution is 2.20. The Bertz CT molecular complexity index is 367. The lowest BCUT2D eigenvalue weighted by molar-refractivity contribution is 1.16. The molecule has 2 heterocycles. The van der Waals surface area contributed by atoms with Gasteiger partial charge in [0.1, 0.15) is 0 Å². The average Bonchev–Trinajstić information content (AvgIpc) is 2.76. The molecule has 0 atom stereocenters. The van der Waals surface area contributed by atoms with E-state index in [1.165, 1.54) is 4.88 Å². The van der Waals surface area contributed by atoms with Crippen molar-refractivity contribution in [3.8, 4) is 0 Å². The fourth-order valence-electron chi connectivity index (χ4n) is 1.05. The molecule has 0 spiro atoms. The number of thiophene rings is 1. The first-order valence-electron chi connectivity index (χ1n) is 3.90. The van der Waals surface area contributed by atoms with Crippen molar-refractivity contribution in [2.45, 2.75) is 12.3 Å². The van der Waals surface area contributed by atoms with Crippen LogP contribution in [-0.4, -0.2) is 4.98 Å². The van der Waals surface area contributed by atoms with Gasteiger partial charge in [-0.15, -0.1) is 34.3 Å². The molecule has 0 N–H and O–H groups in total. The molecule has 2 rings (SSSR count). The van der Waals surface area contributed by atoms with E-state index in [1.54, 1.807) is 22.7 Å². The molecule has 0 radical (unpaired) electrons. The van der Waals surface area contributed by atoms with Crippen molar-refractivity contribution in [2.24, 2.45) is 0 Å². The van der Waals surface area contributed by atoms with Crippen molar-refractivity contribution in [1.82, 2.24) is 4.98 Å². The van der Waals surface area contributed by atoms with Crippen LogP contribution in [0.3, 0.4) is 0 Å². The Kier molecular flexibility index (Phi) is 2.98. The molecule has 1 nitrogen and oxygen atoms in total. The lowest BCUT2D eigenvalue weighted by Crippen LogP contribution is -1.80. The van der Waals surface area contributed by atoms with Crippen molar-refractivity contribution >= 4 is 34.3 Å². The number of hydrogen-bond acceptors (Lipinski definition) is 3. The van der Waals surface area contributed by atoms with Crippen molar-refractivity contribution in [3.63, 3.8) is 0 Å². The molecule has 0 aromatic carbocycles. The Morgan fingerprint density at radius 1 is 1.38 bits per heavy atom. The summed E-state index contributed by atoms with van der Waals surface area (Å²) < 4.78 is 0. The third kappa shape index (κ3) is 2.30. The van der Waals surface area contributed by atoms with Gasteiger partial charge in [0.15, 0.2) is 0 Å². The van der Waals surface area contributed by atoms with E-state index < -0.39 is 0 Å². The van der Waals surface area contributed by atoms with Crippen LogP contribution in [0.2, 0.25) is 0 Å². The summed E-state index contributed by atoms with van der Waals surface area (Å²) in [6, 6.07) is 4.20. The maximum absolute atomic E-state index is 5.70. The minimum atomic E-state index is 0.572. The zero-order valence-electron chi connectivity index (χ0n) is 6.87. The molecular formula is C9H8ClNS2. The molecule has 0 aliphatic rings. The maximum atomic E-state index is 5.70. The number of nitrogens with zero attached hydrogens (tertiary/aromatic N) is 1. The van der Waals surface area contributed by atoms with Gasteiger partial charge < -0.3 is 0 Å². The summed E-state index contributed by atoms with van der Waals surface area (Å²) in [7, 11) is 0. The zero-order valence-corrected chi connectivity index (χ0v) is 9.25. The fourth-order valence-corrected chi connectivity index (χ4v) is 2.88. The van der Waals surface area contributed by atoms with E-state index in [-0.39, 0.29) is 0 Å². The summed E-state index contributed by atoms with van der Waals surface area (Å²) in [5.41, 5.74) is 0. The molecule has 0 saturated carbocycles. The van der Waals surface area contributed by atoms with E-state index in [9.17, 15) is 0 Å². The van der Waals surface area contributed by atoms with Gasteiger partial charge in [-0.25, -0.2) is 4.98 Å². The van der Waals surface area contributed by atoms with Crippen LogP contribution in [-0.2, 0) is 12.3 Å². The van der Waals surface area contributed by atoms with E-state index in [1.807, 2.05) is 6.20 Å². The molecular weight excluding hydrogens is 222 g/mol. The minimum absolute atomic E-state index is 0.572. The second-order valence-corrected chi connectivity index (χ2v) is 5.11. The normalized spacial score (nSPS) is 10.5. The van der Waals surface area contributed by atoms with Crippen LogP contribution < -0.4 is 0 Å². The van der Waals surface area contributed by atoms with Gasteiger partial charge in [-0.1, -0.05) is 6.07 Å². The summed E-state index contributed by atoms with van der Waals surface area (Å²) in [6.45, 7) is 0. The van der Waals surface area contributed by atoms with Gasteiger partial charge in [-0.3, -0.25) is 0 Å². The SMILES string of the molecule is ClCc1cnc(Cc2cccs2)s1. The van der Waals surface area contributed by atoms with Crippen LogP contribution in [0, 0.1) is 0 Å². The number of alkyl halides is 1. The van der Waals surface area contributed by atoms with Crippen LogP contribution >= 0.6 is 34.3 Å². The highest BCUT2D eigenvalue weighted by atomic mass is 35.5. The predicted molar refractivity (Wildman–Crippen MR) is 58.8 cm³/mol. The average molecular weight is 230 g/mol. The minimum Gasteiger partial charge on any atom is -0.249 e. The first-order valence-corrected chi connectivity index (χ1v) is 6.13. The molecule has 2 aromatic rings. The van der Waals surface area contributed by atoms with E-state index in [2.05, 4.69) is 22.5 Å². The van der Waals surface area contributed by atoms with Gasteiger partial charge in [-0.2, -0.15) is 0 Å². The highest BCUT2D eigenvalue weighted by Gasteiger charge is 2.02. The molecule has 0 unspecified atom stereocenters. The summed E-state index contributed by atoms with van der Waals surface area (Å²) in [4.78, 5) is 6.81. The van der Waals surface area contributed by atoms with E-state index in [4.69, 9.17) is 11.6 Å². The van der Waals surface area contributed by atoms with Crippen molar-refractivity contribution in [2.75, 3.05) is 0 Å². The summed E-state index contributed by atoms with van der Waals surface area (Å²) in [6.07, 6.45) is 2.81. The van der Waals surface area contributed by atoms with E-state index in [0.717, 1.165) is 16.3 Å². The lowest BCUT2D eigenvalue weighted by Gasteiger charge is -1.89. The number of thiazole rings is 1. The van der Waals surface area contributed by atoms with E-state index in [0.29, 0.717) is 5.88 Å².